The Bertz CT molecular complexity index is 1440. The van der Waals surface area contributed by atoms with Crippen molar-refractivity contribution in [2.24, 2.45) is 0 Å². The number of nitrogens with one attached hydrogen (secondary N) is 1. The van der Waals surface area contributed by atoms with E-state index < -0.39 is 0 Å². The van der Waals surface area contributed by atoms with Crippen LogP contribution >= 0.6 is 35.0 Å². The number of tetrazole rings is 1. The maximum Gasteiger partial charge on any atom is 0.228 e. The van der Waals surface area contributed by atoms with Crippen LogP contribution in [0.5, 0.6) is 0 Å². The zero-order valence-corrected chi connectivity index (χ0v) is 21.9. The third kappa shape index (κ3) is 4.37. The lowest BCUT2D eigenvalue weighted by Gasteiger charge is -2.23. The van der Waals surface area contributed by atoms with Crippen molar-refractivity contribution in [1.29, 1.82) is 0 Å². The fourth-order valence-electron chi connectivity index (χ4n) is 3.80. The van der Waals surface area contributed by atoms with E-state index in [0.717, 1.165) is 57.8 Å². The molecule has 3 heterocycles. The second kappa shape index (κ2) is 10.1. The predicted molar refractivity (Wildman–Crippen MR) is 144 cm³/mol. The van der Waals surface area contributed by atoms with Gasteiger partial charge in [-0.3, -0.25) is 4.98 Å². The summed E-state index contributed by atoms with van der Waals surface area (Å²) in [6.45, 7) is 4.27. The molecular weight excluding hydrogens is 565 g/mol. The van der Waals surface area contributed by atoms with Crippen molar-refractivity contribution in [2.45, 2.75) is 26.7 Å². The molecule has 0 atom stereocenters. The van der Waals surface area contributed by atoms with Gasteiger partial charge >= 0.3 is 0 Å². The largest absolute Gasteiger partial charge is 0.436 e. The van der Waals surface area contributed by atoms with Crippen LogP contribution in [0.25, 0.3) is 33.9 Å². The van der Waals surface area contributed by atoms with Crippen LogP contribution in [0.2, 0.25) is 0 Å². The van der Waals surface area contributed by atoms with Gasteiger partial charge in [0.05, 0.1) is 15.0 Å². The molecule has 1 N–H and O–H groups in total. The van der Waals surface area contributed by atoms with Gasteiger partial charge < -0.3 is 9.32 Å². The van der Waals surface area contributed by atoms with E-state index in [1.807, 2.05) is 36.4 Å². The van der Waals surface area contributed by atoms with E-state index in [9.17, 15) is 0 Å². The number of rotatable bonds is 6. The zero-order valence-electron chi connectivity index (χ0n) is 18.9. The molecule has 0 aliphatic heterocycles. The maximum absolute atomic E-state index is 6.10. The van der Waals surface area contributed by atoms with Crippen molar-refractivity contribution in [2.75, 3.05) is 11.9 Å². The minimum absolute atomic E-state index is 0. The number of fused-ring (bicyclic) bond motifs is 1. The first-order valence-corrected chi connectivity index (χ1v) is 11.8. The standard InChI is InChI=1S/C24H22IN7O.ClH/c1-4-14-12-20(22(25)18(5-2)26-14)32(3)15-10-11-21-19(13-15)27-24(33-21)17-9-7-6-8-16(17)23-28-30-31-29-23;/h6-13H,4-5H2,1-3H3,(H,28,29,30,31);1H. The number of nitrogens with zero attached hydrogens (tertiary/aromatic N) is 6. The van der Waals surface area contributed by atoms with Crippen LogP contribution in [0.4, 0.5) is 11.4 Å². The second-order valence-corrected chi connectivity index (χ2v) is 8.69. The number of pyridine rings is 1. The summed E-state index contributed by atoms with van der Waals surface area (Å²) < 4.78 is 7.27. The van der Waals surface area contributed by atoms with Gasteiger partial charge in [0, 0.05) is 29.6 Å². The summed E-state index contributed by atoms with van der Waals surface area (Å²) in [4.78, 5) is 11.8. The summed E-state index contributed by atoms with van der Waals surface area (Å²) in [6.07, 6.45) is 1.80. The Morgan fingerprint density at radius 1 is 1.00 bits per heavy atom. The van der Waals surface area contributed by atoms with E-state index in [-0.39, 0.29) is 12.4 Å². The van der Waals surface area contributed by atoms with Crippen LogP contribution in [0.15, 0.2) is 52.9 Å². The number of aromatic nitrogens is 6. The number of H-pyrrole nitrogens is 1. The van der Waals surface area contributed by atoms with Crippen LogP contribution in [-0.2, 0) is 12.8 Å². The van der Waals surface area contributed by atoms with Crippen LogP contribution in [0.3, 0.4) is 0 Å². The molecule has 5 aromatic rings. The normalized spacial score (nSPS) is 10.9. The van der Waals surface area contributed by atoms with E-state index in [4.69, 9.17) is 14.4 Å². The Kier molecular flexibility index (Phi) is 7.13. The SMILES string of the molecule is CCc1cc(N(C)c2ccc3oc(-c4ccccc4-c4nn[nH]n4)nc3c2)c(I)c(CC)n1.Cl. The molecule has 0 aliphatic carbocycles. The number of aryl methyl sites for hydroxylation is 2. The van der Waals surface area contributed by atoms with Gasteiger partial charge in [0.15, 0.2) is 5.58 Å². The van der Waals surface area contributed by atoms with Crippen molar-refractivity contribution in [3.63, 3.8) is 0 Å². The minimum atomic E-state index is 0. The zero-order chi connectivity index (χ0) is 22.9. The van der Waals surface area contributed by atoms with Crippen LogP contribution in [0.1, 0.15) is 25.2 Å². The highest BCUT2D eigenvalue weighted by Crippen LogP contribution is 2.35. The Morgan fingerprint density at radius 3 is 2.50 bits per heavy atom. The van der Waals surface area contributed by atoms with Gasteiger partial charge in [0.25, 0.3) is 0 Å². The molecule has 0 aliphatic rings. The van der Waals surface area contributed by atoms with Crippen molar-refractivity contribution >= 4 is 57.5 Å². The molecule has 0 unspecified atom stereocenters. The van der Waals surface area contributed by atoms with Gasteiger partial charge in [-0.2, -0.15) is 5.21 Å². The molecule has 174 valence electrons. The number of hydrogen-bond acceptors (Lipinski definition) is 7. The van der Waals surface area contributed by atoms with Crippen molar-refractivity contribution in [3.05, 3.63) is 63.5 Å². The molecule has 0 saturated carbocycles. The van der Waals surface area contributed by atoms with Crippen molar-refractivity contribution in [3.8, 4) is 22.8 Å². The monoisotopic (exact) mass is 587 g/mol. The number of benzene rings is 2. The molecule has 34 heavy (non-hydrogen) atoms. The van der Waals surface area contributed by atoms with Crippen LogP contribution in [-0.4, -0.2) is 37.6 Å². The first-order chi connectivity index (χ1) is 16.1. The summed E-state index contributed by atoms with van der Waals surface area (Å²) in [7, 11) is 2.07. The molecule has 0 bridgehead atoms. The predicted octanol–water partition coefficient (Wildman–Crippen LogP) is 5.99. The molecule has 0 spiro atoms. The molecule has 3 aromatic heterocycles. The van der Waals surface area contributed by atoms with Crippen LogP contribution in [0, 0.1) is 3.57 Å². The average Bonchev–Trinajstić information content (AvgIpc) is 3.53. The lowest BCUT2D eigenvalue weighted by molar-refractivity contribution is 0.620. The molecule has 2 aromatic carbocycles. The third-order valence-corrected chi connectivity index (χ3v) is 6.80. The van der Waals surface area contributed by atoms with Crippen molar-refractivity contribution < 1.29 is 4.42 Å². The highest BCUT2D eigenvalue weighted by Gasteiger charge is 2.18. The number of anilines is 2. The Labute approximate surface area is 216 Å². The fraction of sp³-hybridized carbons (Fsp3) is 0.208. The summed E-state index contributed by atoms with van der Waals surface area (Å²) in [5, 5.41) is 14.4. The summed E-state index contributed by atoms with van der Waals surface area (Å²) in [6, 6.07) is 16.0. The molecule has 5 rings (SSSR count). The lowest BCUT2D eigenvalue weighted by Crippen LogP contribution is -2.13. The first kappa shape index (κ1) is 24.1. The van der Waals surface area contributed by atoms with E-state index >= 15 is 0 Å². The molecule has 0 fully saturated rings. The van der Waals surface area contributed by atoms with E-state index in [0.29, 0.717) is 11.7 Å². The van der Waals surface area contributed by atoms with Gasteiger partial charge in [0.2, 0.25) is 11.7 Å². The molecular formula is C24H23ClIN7O. The first-order valence-electron chi connectivity index (χ1n) is 10.7. The van der Waals surface area contributed by atoms with Crippen molar-refractivity contribution in [1.82, 2.24) is 30.6 Å². The smallest absolute Gasteiger partial charge is 0.228 e. The summed E-state index contributed by atoms with van der Waals surface area (Å²) >= 11 is 2.40. The minimum Gasteiger partial charge on any atom is -0.436 e. The van der Waals surface area contributed by atoms with Gasteiger partial charge in [0.1, 0.15) is 5.52 Å². The highest BCUT2D eigenvalue weighted by molar-refractivity contribution is 14.1. The van der Waals surface area contributed by atoms with Gasteiger partial charge in [-0.05, 0) is 71.0 Å². The molecule has 0 saturated heterocycles. The fourth-order valence-corrected chi connectivity index (χ4v) is 4.82. The summed E-state index contributed by atoms with van der Waals surface area (Å²) in [5.74, 6) is 1.02. The summed E-state index contributed by atoms with van der Waals surface area (Å²) in [5.41, 5.74) is 7.52. The quantitative estimate of drug-likeness (QED) is 0.244. The topological polar surface area (TPSA) is 96.6 Å². The Balaban J connectivity index is 0.00000274. The molecule has 0 radical (unpaired) electrons. The second-order valence-electron chi connectivity index (χ2n) is 7.61. The van der Waals surface area contributed by atoms with E-state index in [1.54, 1.807) is 0 Å². The Morgan fingerprint density at radius 2 is 1.79 bits per heavy atom. The third-order valence-electron chi connectivity index (χ3n) is 5.62. The number of aromatic amines is 1. The van der Waals surface area contributed by atoms with E-state index in [2.05, 4.69) is 81.1 Å². The number of oxazole rings is 1. The lowest BCUT2D eigenvalue weighted by atomic mass is 10.1. The van der Waals surface area contributed by atoms with Gasteiger partial charge in [-0.1, -0.05) is 32.0 Å². The van der Waals surface area contributed by atoms with E-state index in [1.165, 1.54) is 3.57 Å². The molecule has 8 nitrogen and oxygen atoms in total. The highest BCUT2D eigenvalue weighted by atomic mass is 127. The van der Waals surface area contributed by atoms with Gasteiger partial charge in [-0.25, -0.2) is 4.98 Å². The van der Waals surface area contributed by atoms with Gasteiger partial charge in [-0.15, -0.1) is 22.6 Å². The number of hydrogen-bond donors (Lipinski definition) is 1. The maximum atomic E-state index is 6.10. The molecule has 0 amide bonds. The average molecular weight is 588 g/mol. The molecule has 10 heteroatoms. The van der Waals surface area contributed by atoms with Crippen LogP contribution < -0.4 is 4.90 Å². The number of halogens is 2. The Hall–Kier alpha value is -3.05.